The van der Waals surface area contributed by atoms with E-state index in [1.165, 1.54) is 5.56 Å². The Kier molecular flexibility index (Phi) is 4.61. The van der Waals surface area contributed by atoms with Gasteiger partial charge in [0.1, 0.15) is 12.2 Å². The van der Waals surface area contributed by atoms with Crippen LogP contribution in [-0.2, 0) is 9.59 Å². The number of aliphatic carboxylic acids is 1. The predicted octanol–water partition coefficient (Wildman–Crippen LogP) is 1.88. The van der Waals surface area contributed by atoms with Crippen LogP contribution in [0.4, 0.5) is 0 Å². The van der Waals surface area contributed by atoms with E-state index in [1.807, 2.05) is 12.1 Å². The third-order valence-corrected chi connectivity index (χ3v) is 3.74. The van der Waals surface area contributed by atoms with Crippen molar-refractivity contribution >= 4 is 11.9 Å². The average Bonchev–Trinajstić information content (AvgIpc) is 2.47. The minimum Gasteiger partial charge on any atom is -0.497 e. The number of hydrogen-bond acceptors (Lipinski definition) is 3. The zero-order chi connectivity index (χ0) is 14.5. The highest BCUT2D eigenvalue weighted by molar-refractivity contribution is 5.93. The molecule has 0 saturated carbocycles. The van der Waals surface area contributed by atoms with Crippen LogP contribution in [0, 0.1) is 0 Å². The van der Waals surface area contributed by atoms with E-state index in [4.69, 9.17) is 9.84 Å². The number of methoxy groups -OCH3 is 1. The molecule has 1 aromatic rings. The zero-order valence-corrected chi connectivity index (χ0v) is 11.5. The summed E-state index contributed by atoms with van der Waals surface area (Å²) >= 11 is 0. The van der Waals surface area contributed by atoms with Gasteiger partial charge in [-0.25, -0.2) is 0 Å². The number of benzene rings is 1. The van der Waals surface area contributed by atoms with Crippen LogP contribution in [0.15, 0.2) is 24.3 Å². The van der Waals surface area contributed by atoms with Gasteiger partial charge in [-0.05, 0) is 36.5 Å². The molecule has 2 rings (SSSR count). The summed E-state index contributed by atoms with van der Waals surface area (Å²) in [5.41, 5.74) is 1.25. The second-order valence-corrected chi connectivity index (χ2v) is 5.00. The van der Waals surface area contributed by atoms with Gasteiger partial charge in [0.15, 0.2) is 0 Å². The first-order valence-electron chi connectivity index (χ1n) is 6.73. The summed E-state index contributed by atoms with van der Waals surface area (Å²) in [5.74, 6) is -0.0874. The molecule has 20 heavy (non-hydrogen) atoms. The lowest BCUT2D eigenvalue weighted by Gasteiger charge is -2.32. The highest BCUT2D eigenvalue weighted by Gasteiger charge is 2.24. The number of amides is 1. The van der Waals surface area contributed by atoms with E-state index < -0.39 is 12.4 Å². The first-order chi connectivity index (χ1) is 9.60. The Hall–Kier alpha value is -2.04. The molecule has 0 unspecified atom stereocenters. The Balaban J connectivity index is 1.90. The molecule has 1 amide bonds. The number of likely N-dealkylation sites (tertiary alicyclic amines) is 1. The van der Waals surface area contributed by atoms with Gasteiger partial charge in [0.25, 0.3) is 0 Å². The van der Waals surface area contributed by atoms with Crippen molar-refractivity contribution in [1.29, 1.82) is 0 Å². The summed E-state index contributed by atoms with van der Waals surface area (Å²) in [4.78, 5) is 23.8. The van der Waals surface area contributed by atoms with Gasteiger partial charge in [-0.2, -0.15) is 0 Å². The highest BCUT2D eigenvalue weighted by Crippen LogP contribution is 2.29. The van der Waals surface area contributed by atoms with Crippen molar-refractivity contribution in [2.75, 3.05) is 20.2 Å². The van der Waals surface area contributed by atoms with Crippen LogP contribution in [0.2, 0.25) is 0 Å². The molecule has 0 aromatic heterocycles. The van der Waals surface area contributed by atoms with Gasteiger partial charge < -0.3 is 14.7 Å². The predicted molar refractivity (Wildman–Crippen MR) is 73.8 cm³/mol. The fourth-order valence-corrected chi connectivity index (χ4v) is 2.58. The molecule has 1 aliphatic heterocycles. The third-order valence-electron chi connectivity index (χ3n) is 3.74. The van der Waals surface area contributed by atoms with Gasteiger partial charge >= 0.3 is 5.97 Å². The largest absolute Gasteiger partial charge is 0.497 e. The summed E-state index contributed by atoms with van der Waals surface area (Å²) in [6.07, 6.45) is 1.34. The molecule has 0 bridgehead atoms. The molecule has 1 saturated heterocycles. The monoisotopic (exact) mass is 277 g/mol. The van der Waals surface area contributed by atoms with Crippen molar-refractivity contribution in [2.24, 2.45) is 0 Å². The van der Waals surface area contributed by atoms with Gasteiger partial charge in [0.05, 0.1) is 7.11 Å². The Morgan fingerprint density at radius 2 is 1.85 bits per heavy atom. The minimum atomic E-state index is -1.06. The van der Waals surface area contributed by atoms with Gasteiger partial charge in [0.2, 0.25) is 5.91 Å². The van der Waals surface area contributed by atoms with Gasteiger partial charge in [-0.15, -0.1) is 0 Å². The van der Waals surface area contributed by atoms with Gasteiger partial charge in [-0.3, -0.25) is 9.59 Å². The van der Waals surface area contributed by atoms with E-state index in [0.717, 1.165) is 18.6 Å². The maximum absolute atomic E-state index is 11.7. The Morgan fingerprint density at radius 1 is 1.25 bits per heavy atom. The van der Waals surface area contributed by atoms with Gasteiger partial charge in [-0.1, -0.05) is 12.1 Å². The standard InChI is InChI=1S/C15H19NO4/c1-20-13-4-2-11(3-5-13)12-6-8-16(9-7-12)14(17)10-15(18)19/h2-5,12H,6-10H2,1H3,(H,18,19). The number of nitrogens with zero attached hydrogens (tertiary/aromatic N) is 1. The SMILES string of the molecule is COc1ccc(C2CCN(C(=O)CC(=O)O)CC2)cc1. The quantitative estimate of drug-likeness (QED) is 0.853. The summed E-state index contributed by atoms with van der Waals surface area (Å²) in [5, 5.41) is 8.63. The molecule has 5 heteroatoms. The van der Waals surface area contributed by atoms with Crippen LogP contribution < -0.4 is 4.74 Å². The molecule has 5 nitrogen and oxygen atoms in total. The minimum absolute atomic E-state index is 0.286. The van der Waals surface area contributed by atoms with Crippen LogP contribution in [-0.4, -0.2) is 42.1 Å². The summed E-state index contributed by atoms with van der Waals surface area (Å²) in [6.45, 7) is 1.26. The van der Waals surface area contributed by atoms with Crippen LogP contribution in [0.1, 0.15) is 30.7 Å². The smallest absolute Gasteiger partial charge is 0.312 e. The highest BCUT2D eigenvalue weighted by atomic mass is 16.5. The second-order valence-electron chi connectivity index (χ2n) is 5.00. The maximum Gasteiger partial charge on any atom is 0.312 e. The normalized spacial score (nSPS) is 15.9. The van der Waals surface area contributed by atoms with Crippen molar-refractivity contribution in [3.05, 3.63) is 29.8 Å². The molecule has 1 aromatic carbocycles. The number of hydrogen-bond donors (Lipinski definition) is 1. The van der Waals surface area contributed by atoms with Gasteiger partial charge in [0, 0.05) is 13.1 Å². The third kappa shape index (κ3) is 3.50. The maximum atomic E-state index is 11.7. The van der Waals surface area contributed by atoms with E-state index in [1.54, 1.807) is 12.0 Å². The molecule has 0 radical (unpaired) electrons. The first-order valence-corrected chi connectivity index (χ1v) is 6.73. The zero-order valence-electron chi connectivity index (χ0n) is 11.5. The molecule has 1 heterocycles. The van der Waals surface area contributed by atoms with Crippen molar-refractivity contribution < 1.29 is 19.4 Å². The van der Waals surface area contributed by atoms with E-state index in [0.29, 0.717) is 19.0 Å². The molecule has 0 aliphatic carbocycles. The first kappa shape index (κ1) is 14.4. The molecule has 108 valence electrons. The van der Waals surface area contributed by atoms with Crippen LogP contribution in [0.3, 0.4) is 0 Å². The lowest BCUT2D eigenvalue weighted by Crippen LogP contribution is -2.38. The van der Waals surface area contributed by atoms with Crippen LogP contribution >= 0.6 is 0 Å². The van der Waals surface area contributed by atoms with Crippen molar-refractivity contribution in [3.63, 3.8) is 0 Å². The van der Waals surface area contributed by atoms with E-state index in [-0.39, 0.29) is 5.91 Å². The molecule has 1 fully saturated rings. The number of carboxylic acids is 1. The topological polar surface area (TPSA) is 66.8 Å². The number of piperidine rings is 1. The van der Waals surface area contributed by atoms with Crippen LogP contribution in [0.25, 0.3) is 0 Å². The molecule has 0 atom stereocenters. The number of ether oxygens (including phenoxy) is 1. The van der Waals surface area contributed by atoms with Crippen LogP contribution in [0.5, 0.6) is 5.75 Å². The number of carbonyl (C=O) groups is 2. The molecule has 0 spiro atoms. The second kappa shape index (κ2) is 6.41. The molecular weight excluding hydrogens is 258 g/mol. The Morgan fingerprint density at radius 3 is 2.35 bits per heavy atom. The fourth-order valence-electron chi connectivity index (χ4n) is 2.58. The van der Waals surface area contributed by atoms with E-state index >= 15 is 0 Å². The molecule has 1 aliphatic rings. The Bertz CT molecular complexity index is 475. The number of carboxylic acid groups (broad SMARTS) is 1. The number of rotatable bonds is 4. The Labute approximate surface area is 118 Å². The molecular formula is C15H19NO4. The fraction of sp³-hybridized carbons (Fsp3) is 0.467. The lowest BCUT2D eigenvalue weighted by atomic mass is 9.89. The summed E-state index contributed by atoms with van der Waals surface area (Å²) in [7, 11) is 1.64. The van der Waals surface area contributed by atoms with E-state index in [9.17, 15) is 9.59 Å². The lowest BCUT2D eigenvalue weighted by molar-refractivity contribution is -0.144. The summed E-state index contributed by atoms with van der Waals surface area (Å²) < 4.78 is 5.13. The van der Waals surface area contributed by atoms with Crippen molar-refractivity contribution in [3.8, 4) is 5.75 Å². The molecule has 1 N–H and O–H groups in total. The van der Waals surface area contributed by atoms with E-state index in [2.05, 4.69) is 12.1 Å². The number of carbonyl (C=O) groups excluding carboxylic acids is 1. The summed E-state index contributed by atoms with van der Waals surface area (Å²) in [6, 6.07) is 7.99. The average molecular weight is 277 g/mol. The van der Waals surface area contributed by atoms with Crippen molar-refractivity contribution in [1.82, 2.24) is 4.90 Å². The van der Waals surface area contributed by atoms with Crippen molar-refractivity contribution in [2.45, 2.75) is 25.2 Å².